The average molecular weight is 398 g/mol. The molecule has 3 rings (SSSR count). The molecule has 1 heterocycles. The summed E-state index contributed by atoms with van der Waals surface area (Å²) in [5.74, 6) is 1.72. The fourth-order valence-electron chi connectivity index (χ4n) is 2.60. The molecule has 2 aromatic carbocycles. The molecule has 0 aliphatic heterocycles. The Kier molecular flexibility index (Phi) is 6.33. The van der Waals surface area contributed by atoms with Crippen molar-refractivity contribution in [1.82, 2.24) is 10.2 Å². The molecular formula is C21H22N2O6. The molecular weight excluding hydrogens is 376 g/mol. The second-order valence-electron chi connectivity index (χ2n) is 6.02. The summed E-state index contributed by atoms with van der Waals surface area (Å²) in [6.07, 6.45) is -0.723. The zero-order chi connectivity index (χ0) is 20.8. The van der Waals surface area contributed by atoms with E-state index in [9.17, 15) is 4.79 Å². The van der Waals surface area contributed by atoms with Crippen molar-refractivity contribution >= 4 is 5.97 Å². The van der Waals surface area contributed by atoms with Crippen molar-refractivity contribution in [1.29, 1.82) is 0 Å². The number of rotatable bonds is 8. The average Bonchev–Trinajstić information content (AvgIpc) is 3.24. The van der Waals surface area contributed by atoms with Gasteiger partial charge in [0.2, 0.25) is 5.89 Å². The number of benzene rings is 2. The van der Waals surface area contributed by atoms with E-state index in [0.29, 0.717) is 29.6 Å². The van der Waals surface area contributed by atoms with Gasteiger partial charge in [-0.3, -0.25) is 0 Å². The standard InChI is InChI=1S/C21H22N2O6/c1-5-27-18-12-15(8-11-17(18)26-4)21(24)28-13(2)19-22-23-20(29-19)14-6-9-16(25-3)10-7-14/h6-13H,5H2,1-4H3/t13-/m0/s1. The molecule has 8 heteroatoms. The lowest BCUT2D eigenvalue weighted by Gasteiger charge is -2.12. The molecule has 0 saturated heterocycles. The molecule has 0 aliphatic rings. The van der Waals surface area contributed by atoms with E-state index in [2.05, 4.69) is 10.2 Å². The third-order valence-corrected chi connectivity index (χ3v) is 4.11. The first-order valence-corrected chi connectivity index (χ1v) is 9.05. The minimum Gasteiger partial charge on any atom is -0.497 e. The number of hydrogen-bond donors (Lipinski definition) is 0. The Morgan fingerprint density at radius 3 is 2.45 bits per heavy atom. The normalized spacial score (nSPS) is 11.6. The van der Waals surface area contributed by atoms with Gasteiger partial charge in [-0.2, -0.15) is 0 Å². The first kappa shape index (κ1) is 20.2. The molecule has 29 heavy (non-hydrogen) atoms. The Bertz CT molecular complexity index is 968. The Morgan fingerprint density at radius 1 is 1.03 bits per heavy atom. The summed E-state index contributed by atoms with van der Waals surface area (Å²) in [5.41, 5.74) is 1.07. The summed E-state index contributed by atoms with van der Waals surface area (Å²) in [5, 5.41) is 8.01. The number of nitrogens with zero attached hydrogens (tertiary/aromatic N) is 2. The topological polar surface area (TPSA) is 92.9 Å². The molecule has 0 amide bonds. The Morgan fingerprint density at radius 2 is 1.79 bits per heavy atom. The molecule has 0 bridgehead atoms. The molecule has 0 fully saturated rings. The van der Waals surface area contributed by atoms with Crippen LogP contribution in [-0.2, 0) is 4.74 Å². The molecule has 0 spiro atoms. The molecule has 0 N–H and O–H groups in total. The van der Waals surface area contributed by atoms with Crippen LogP contribution in [0.25, 0.3) is 11.5 Å². The number of aromatic nitrogens is 2. The fraction of sp³-hybridized carbons (Fsp3) is 0.286. The van der Waals surface area contributed by atoms with Gasteiger partial charge in [0.05, 0.1) is 26.4 Å². The number of ether oxygens (including phenoxy) is 4. The first-order chi connectivity index (χ1) is 14.0. The molecule has 0 unspecified atom stereocenters. The lowest BCUT2D eigenvalue weighted by atomic mass is 10.2. The van der Waals surface area contributed by atoms with Crippen LogP contribution >= 0.6 is 0 Å². The van der Waals surface area contributed by atoms with Gasteiger partial charge in [-0.15, -0.1) is 10.2 Å². The van der Waals surface area contributed by atoms with Crippen molar-refractivity contribution in [3.05, 3.63) is 53.9 Å². The second kappa shape index (κ2) is 9.09. The number of methoxy groups -OCH3 is 2. The van der Waals surface area contributed by atoms with Crippen molar-refractivity contribution in [3.8, 4) is 28.7 Å². The molecule has 152 valence electrons. The lowest BCUT2D eigenvalue weighted by molar-refractivity contribution is 0.0279. The van der Waals surface area contributed by atoms with Crippen LogP contribution in [0.15, 0.2) is 46.9 Å². The van der Waals surface area contributed by atoms with Crippen molar-refractivity contribution in [2.24, 2.45) is 0 Å². The summed E-state index contributed by atoms with van der Waals surface area (Å²) in [7, 11) is 3.13. The van der Waals surface area contributed by atoms with Crippen LogP contribution in [0.5, 0.6) is 17.2 Å². The summed E-state index contributed by atoms with van der Waals surface area (Å²) in [4.78, 5) is 12.5. The molecule has 8 nitrogen and oxygen atoms in total. The highest BCUT2D eigenvalue weighted by atomic mass is 16.6. The summed E-state index contributed by atoms with van der Waals surface area (Å²) >= 11 is 0. The lowest BCUT2D eigenvalue weighted by Crippen LogP contribution is -2.10. The Balaban J connectivity index is 1.71. The van der Waals surface area contributed by atoms with E-state index in [4.69, 9.17) is 23.4 Å². The Labute approximate surface area is 168 Å². The Hall–Kier alpha value is -3.55. The van der Waals surface area contributed by atoms with Crippen molar-refractivity contribution in [2.75, 3.05) is 20.8 Å². The van der Waals surface area contributed by atoms with Gasteiger partial charge in [0.15, 0.2) is 17.6 Å². The maximum atomic E-state index is 12.5. The van der Waals surface area contributed by atoms with E-state index in [0.717, 1.165) is 11.3 Å². The molecule has 1 aromatic heterocycles. The SMILES string of the molecule is CCOc1cc(C(=O)O[C@@H](C)c2nnc(-c3ccc(OC)cc3)o2)ccc1OC. The summed E-state index contributed by atoms with van der Waals surface area (Å²) in [6.45, 7) is 3.96. The zero-order valence-corrected chi connectivity index (χ0v) is 16.7. The van der Waals surface area contributed by atoms with E-state index in [-0.39, 0.29) is 5.89 Å². The maximum absolute atomic E-state index is 12.5. The van der Waals surface area contributed by atoms with Crippen molar-refractivity contribution in [2.45, 2.75) is 20.0 Å². The third kappa shape index (κ3) is 4.66. The van der Waals surface area contributed by atoms with E-state index >= 15 is 0 Å². The quantitative estimate of drug-likeness (QED) is 0.524. The number of carbonyl (C=O) groups is 1. The highest BCUT2D eigenvalue weighted by Gasteiger charge is 2.21. The molecule has 0 radical (unpaired) electrons. The molecule has 3 aromatic rings. The number of esters is 1. The van der Waals surface area contributed by atoms with Crippen LogP contribution in [0.4, 0.5) is 0 Å². The van der Waals surface area contributed by atoms with Gasteiger partial charge in [-0.1, -0.05) is 0 Å². The smallest absolute Gasteiger partial charge is 0.339 e. The minimum absolute atomic E-state index is 0.197. The van der Waals surface area contributed by atoms with Crippen molar-refractivity contribution in [3.63, 3.8) is 0 Å². The van der Waals surface area contributed by atoms with Gasteiger partial charge < -0.3 is 23.4 Å². The predicted octanol–water partition coefficient (Wildman–Crippen LogP) is 4.07. The van der Waals surface area contributed by atoms with Gasteiger partial charge in [0.1, 0.15) is 5.75 Å². The summed E-state index contributed by atoms with van der Waals surface area (Å²) < 4.78 is 27.0. The van der Waals surface area contributed by atoms with Gasteiger partial charge in [-0.25, -0.2) is 4.79 Å². The van der Waals surface area contributed by atoms with Crippen LogP contribution in [0.3, 0.4) is 0 Å². The highest BCUT2D eigenvalue weighted by Crippen LogP contribution is 2.29. The van der Waals surface area contributed by atoms with Gasteiger partial charge in [0.25, 0.3) is 5.89 Å². The van der Waals surface area contributed by atoms with Crippen LogP contribution < -0.4 is 14.2 Å². The zero-order valence-electron chi connectivity index (χ0n) is 16.7. The highest BCUT2D eigenvalue weighted by molar-refractivity contribution is 5.90. The van der Waals surface area contributed by atoms with Crippen LogP contribution in [0.2, 0.25) is 0 Å². The fourth-order valence-corrected chi connectivity index (χ4v) is 2.60. The van der Waals surface area contributed by atoms with Gasteiger partial charge in [0, 0.05) is 5.56 Å². The predicted molar refractivity (Wildman–Crippen MR) is 104 cm³/mol. The number of carbonyl (C=O) groups excluding carboxylic acids is 1. The van der Waals surface area contributed by atoms with Crippen molar-refractivity contribution < 1.29 is 28.2 Å². The first-order valence-electron chi connectivity index (χ1n) is 9.05. The molecule has 1 atom stereocenters. The van der Waals surface area contributed by atoms with E-state index in [1.165, 1.54) is 7.11 Å². The summed E-state index contributed by atoms with van der Waals surface area (Å²) in [6, 6.07) is 12.0. The minimum atomic E-state index is -0.723. The largest absolute Gasteiger partial charge is 0.497 e. The third-order valence-electron chi connectivity index (χ3n) is 4.11. The van der Waals surface area contributed by atoms with E-state index < -0.39 is 12.1 Å². The monoisotopic (exact) mass is 398 g/mol. The maximum Gasteiger partial charge on any atom is 0.339 e. The van der Waals surface area contributed by atoms with E-state index in [1.807, 2.05) is 6.92 Å². The van der Waals surface area contributed by atoms with Crippen LogP contribution in [0, 0.1) is 0 Å². The van der Waals surface area contributed by atoms with E-state index in [1.54, 1.807) is 56.5 Å². The van der Waals surface area contributed by atoms with Gasteiger partial charge >= 0.3 is 5.97 Å². The number of hydrogen-bond acceptors (Lipinski definition) is 8. The van der Waals surface area contributed by atoms with Crippen LogP contribution in [-0.4, -0.2) is 37.0 Å². The second-order valence-corrected chi connectivity index (χ2v) is 6.02. The van der Waals surface area contributed by atoms with Gasteiger partial charge in [-0.05, 0) is 56.3 Å². The molecule has 0 aliphatic carbocycles. The molecule has 0 saturated carbocycles. The van der Waals surface area contributed by atoms with Crippen LogP contribution in [0.1, 0.15) is 36.2 Å².